The summed E-state index contributed by atoms with van der Waals surface area (Å²) in [7, 11) is -3.68. The van der Waals surface area contributed by atoms with Crippen LogP contribution < -0.4 is 5.32 Å². The highest BCUT2D eigenvalue weighted by Gasteiger charge is 2.40. The molecule has 126 valence electrons. The van der Waals surface area contributed by atoms with Crippen LogP contribution >= 0.6 is 0 Å². The first-order valence-electron chi connectivity index (χ1n) is 7.22. The average molecular weight is 342 g/mol. The van der Waals surface area contributed by atoms with E-state index in [1.54, 1.807) is 13.8 Å². The van der Waals surface area contributed by atoms with Gasteiger partial charge in [0.15, 0.2) is 9.84 Å². The molecule has 1 fully saturated rings. The molecule has 1 aliphatic rings. The van der Waals surface area contributed by atoms with E-state index in [0.29, 0.717) is 13.1 Å². The van der Waals surface area contributed by atoms with Gasteiger partial charge in [0.25, 0.3) is 0 Å². The van der Waals surface area contributed by atoms with Gasteiger partial charge in [-0.25, -0.2) is 12.8 Å². The van der Waals surface area contributed by atoms with Gasteiger partial charge in [0.1, 0.15) is 11.4 Å². The maximum atomic E-state index is 12.9. The molecule has 1 aliphatic heterocycles. The van der Waals surface area contributed by atoms with E-state index in [0.717, 1.165) is 12.1 Å². The lowest BCUT2D eigenvalue weighted by Crippen LogP contribution is -2.63. The molecule has 1 aromatic carbocycles. The van der Waals surface area contributed by atoms with Crippen molar-refractivity contribution in [1.82, 2.24) is 10.2 Å². The van der Waals surface area contributed by atoms with Gasteiger partial charge < -0.3 is 10.2 Å². The molecule has 23 heavy (non-hydrogen) atoms. The molecular weight excluding hydrogens is 323 g/mol. The van der Waals surface area contributed by atoms with E-state index >= 15 is 0 Å². The zero-order valence-electron chi connectivity index (χ0n) is 13.0. The summed E-state index contributed by atoms with van der Waals surface area (Å²) < 4.78 is 37.2. The highest BCUT2D eigenvalue weighted by atomic mass is 32.2. The smallest absolute Gasteiger partial charge is 0.245 e. The van der Waals surface area contributed by atoms with Crippen molar-refractivity contribution in [2.45, 2.75) is 30.7 Å². The largest absolute Gasteiger partial charge is 0.352 e. The fraction of sp³-hybridized carbons (Fsp3) is 0.467. The average Bonchev–Trinajstić information content (AvgIpc) is 2.48. The monoisotopic (exact) mass is 342 g/mol. The molecule has 0 unspecified atom stereocenters. The van der Waals surface area contributed by atoms with Crippen LogP contribution in [-0.2, 0) is 19.4 Å². The molecule has 0 bridgehead atoms. The summed E-state index contributed by atoms with van der Waals surface area (Å²) in [5.74, 6) is -1.57. The molecule has 1 N–H and O–H groups in total. The molecule has 2 rings (SSSR count). The number of hydrogen-bond donors (Lipinski definition) is 1. The number of rotatable bonds is 4. The lowest BCUT2D eigenvalue weighted by molar-refractivity contribution is -0.148. The fourth-order valence-corrected chi connectivity index (χ4v) is 3.68. The van der Waals surface area contributed by atoms with Crippen LogP contribution in [0, 0.1) is 5.82 Å². The molecule has 1 saturated heterocycles. The van der Waals surface area contributed by atoms with Crippen molar-refractivity contribution in [2.24, 2.45) is 0 Å². The van der Waals surface area contributed by atoms with E-state index in [1.165, 1.54) is 17.0 Å². The predicted molar refractivity (Wildman–Crippen MR) is 81.9 cm³/mol. The molecule has 1 heterocycles. The number of nitrogens with one attached hydrogen (secondary N) is 1. The van der Waals surface area contributed by atoms with E-state index in [9.17, 15) is 22.4 Å². The van der Waals surface area contributed by atoms with Gasteiger partial charge in [-0.2, -0.15) is 0 Å². The van der Waals surface area contributed by atoms with Crippen LogP contribution in [0.3, 0.4) is 0 Å². The topological polar surface area (TPSA) is 83.6 Å². The second-order valence-electron chi connectivity index (χ2n) is 5.88. The standard InChI is InChI=1S/C15H19FN2O4S/c1-15(2)14(20)17-8-9-18(15)13(19)7-10-23(21,22)12-5-3-11(16)4-6-12/h3-6H,7-10H2,1-2H3,(H,17,20). The van der Waals surface area contributed by atoms with Gasteiger partial charge in [-0.15, -0.1) is 0 Å². The Morgan fingerprint density at radius 1 is 1.30 bits per heavy atom. The number of hydrogen-bond acceptors (Lipinski definition) is 4. The molecule has 1 aromatic rings. The zero-order chi connectivity index (χ0) is 17.3. The van der Waals surface area contributed by atoms with Gasteiger partial charge >= 0.3 is 0 Å². The minimum Gasteiger partial charge on any atom is -0.352 e. The van der Waals surface area contributed by atoms with Crippen molar-refractivity contribution in [1.29, 1.82) is 0 Å². The summed E-state index contributed by atoms with van der Waals surface area (Å²) in [5.41, 5.74) is -1.00. The lowest BCUT2D eigenvalue weighted by Gasteiger charge is -2.41. The van der Waals surface area contributed by atoms with Crippen LogP contribution in [-0.4, -0.2) is 49.5 Å². The van der Waals surface area contributed by atoms with Gasteiger partial charge in [-0.3, -0.25) is 9.59 Å². The van der Waals surface area contributed by atoms with Crippen LogP contribution in [0.4, 0.5) is 4.39 Å². The summed E-state index contributed by atoms with van der Waals surface area (Å²) in [4.78, 5) is 25.5. The number of sulfone groups is 1. The fourth-order valence-electron chi connectivity index (χ4n) is 2.45. The number of halogens is 1. The molecular formula is C15H19FN2O4S. The van der Waals surface area contributed by atoms with Crippen molar-refractivity contribution < 1.29 is 22.4 Å². The van der Waals surface area contributed by atoms with Crippen molar-refractivity contribution in [3.8, 4) is 0 Å². The van der Waals surface area contributed by atoms with Gasteiger partial charge in [-0.05, 0) is 38.1 Å². The predicted octanol–water partition coefficient (Wildman–Crippen LogP) is 0.726. The summed E-state index contributed by atoms with van der Waals surface area (Å²) in [6, 6.07) is 4.47. The molecule has 8 heteroatoms. The second-order valence-corrected chi connectivity index (χ2v) is 7.99. The summed E-state index contributed by atoms with van der Waals surface area (Å²) in [6.45, 7) is 3.93. The van der Waals surface area contributed by atoms with E-state index < -0.39 is 27.1 Å². The third kappa shape index (κ3) is 3.69. The first kappa shape index (κ1) is 17.4. The van der Waals surface area contributed by atoms with Crippen LogP contribution in [0.25, 0.3) is 0 Å². The number of benzene rings is 1. The van der Waals surface area contributed by atoms with Crippen molar-refractivity contribution in [2.75, 3.05) is 18.8 Å². The van der Waals surface area contributed by atoms with Gasteiger partial charge in [0, 0.05) is 19.5 Å². The molecule has 0 radical (unpaired) electrons. The first-order valence-corrected chi connectivity index (χ1v) is 8.87. The minimum absolute atomic E-state index is 0.0256. The summed E-state index contributed by atoms with van der Waals surface area (Å²) in [5, 5.41) is 2.67. The van der Waals surface area contributed by atoms with Crippen molar-refractivity contribution in [3.05, 3.63) is 30.1 Å². The normalized spacial score (nSPS) is 17.7. The molecule has 0 aromatic heterocycles. The Labute approximate surface area is 134 Å². The minimum atomic E-state index is -3.68. The Hall–Kier alpha value is -1.96. The van der Waals surface area contributed by atoms with E-state index in [-0.39, 0.29) is 23.0 Å². The third-order valence-electron chi connectivity index (χ3n) is 3.91. The Bertz CT molecular complexity index is 713. The highest BCUT2D eigenvalue weighted by molar-refractivity contribution is 7.91. The Morgan fingerprint density at radius 2 is 1.91 bits per heavy atom. The Kier molecular flexibility index (Phi) is 4.74. The van der Waals surface area contributed by atoms with Gasteiger partial charge in [-0.1, -0.05) is 0 Å². The number of carbonyl (C=O) groups excluding carboxylic acids is 2. The molecule has 0 saturated carbocycles. The molecule has 6 nitrogen and oxygen atoms in total. The molecule has 2 amide bonds. The van der Waals surface area contributed by atoms with Crippen LogP contribution in [0.2, 0.25) is 0 Å². The van der Waals surface area contributed by atoms with E-state index in [4.69, 9.17) is 0 Å². The second kappa shape index (κ2) is 6.27. The van der Waals surface area contributed by atoms with Crippen molar-refractivity contribution >= 4 is 21.7 Å². The van der Waals surface area contributed by atoms with Crippen LogP contribution in [0.1, 0.15) is 20.3 Å². The maximum absolute atomic E-state index is 12.9. The molecule has 0 atom stereocenters. The van der Waals surface area contributed by atoms with Gasteiger partial charge in [0.05, 0.1) is 10.6 Å². The third-order valence-corrected chi connectivity index (χ3v) is 5.64. The molecule has 0 aliphatic carbocycles. The molecule has 0 spiro atoms. The Balaban J connectivity index is 2.06. The van der Waals surface area contributed by atoms with E-state index in [2.05, 4.69) is 5.32 Å². The summed E-state index contributed by atoms with van der Waals surface area (Å²) in [6.07, 6.45) is -0.226. The zero-order valence-corrected chi connectivity index (χ0v) is 13.8. The first-order chi connectivity index (χ1) is 10.6. The van der Waals surface area contributed by atoms with Crippen molar-refractivity contribution in [3.63, 3.8) is 0 Å². The van der Waals surface area contributed by atoms with E-state index in [1.807, 2.05) is 0 Å². The number of piperazine rings is 1. The van der Waals surface area contributed by atoms with Gasteiger partial charge in [0.2, 0.25) is 11.8 Å². The number of amides is 2. The number of nitrogens with zero attached hydrogens (tertiary/aromatic N) is 1. The highest BCUT2D eigenvalue weighted by Crippen LogP contribution is 2.20. The Morgan fingerprint density at radius 3 is 2.52 bits per heavy atom. The van der Waals surface area contributed by atoms with Crippen LogP contribution in [0.5, 0.6) is 0 Å². The maximum Gasteiger partial charge on any atom is 0.245 e. The van der Waals surface area contributed by atoms with Crippen LogP contribution in [0.15, 0.2) is 29.2 Å². The number of carbonyl (C=O) groups is 2. The SMILES string of the molecule is CC1(C)C(=O)NCCN1C(=O)CCS(=O)(=O)c1ccc(F)cc1. The quantitative estimate of drug-likeness (QED) is 0.818. The lowest BCUT2D eigenvalue weighted by atomic mass is 9.98. The summed E-state index contributed by atoms with van der Waals surface area (Å²) >= 11 is 0.